The van der Waals surface area contributed by atoms with Crippen molar-refractivity contribution < 1.29 is 0 Å². The SMILES string of the molecule is CC.CC1(C)c2ccccc2-c2ccc(-n3c4ccccc4c4ccccc43)cc21. The van der Waals surface area contributed by atoms with E-state index in [-0.39, 0.29) is 5.41 Å². The lowest BCUT2D eigenvalue weighted by Crippen LogP contribution is -2.15. The van der Waals surface area contributed by atoms with Gasteiger partial charge in [-0.25, -0.2) is 0 Å². The van der Waals surface area contributed by atoms with Gasteiger partial charge in [0.15, 0.2) is 0 Å². The molecule has 6 rings (SSSR count). The molecule has 0 N–H and O–H groups in total. The Hall–Kier alpha value is -3.32. The topological polar surface area (TPSA) is 4.93 Å². The van der Waals surface area contributed by atoms with Gasteiger partial charge in [0.1, 0.15) is 0 Å². The van der Waals surface area contributed by atoms with Crippen molar-refractivity contribution in [2.45, 2.75) is 33.1 Å². The number of hydrogen-bond donors (Lipinski definition) is 0. The monoisotopic (exact) mass is 389 g/mol. The van der Waals surface area contributed by atoms with Crippen molar-refractivity contribution in [1.82, 2.24) is 4.57 Å². The second kappa shape index (κ2) is 6.88. The Bertz CT molecular complexity index is 1330. The molecule has 0 amide bonds. The van der Waals surface area contributed by atoms with E-state index in [0.29, 0.717) is 0 Å². The molecule has 1 aliphatic rings. The summed E-state index contributed by atoms with van der Waals surface area (Å²) in [7, 11) is 0. The van der Waals surface area contributed by atoms with Gasteiger partial charge in [0.2, 0.25) is 0 Å². The van der Waals surface area contributed by atoms with Crippen LogP contribution in [0.4, 0.5) is 0 Å². The fraction of sp³-hybridized carbons (Fsp3) is 0.172. The van der Waals surface area contributed by atoms with Crippen molar-refractivity contribution in [2.24, 2.45) is 0 Å². The van der Waals surface area contributed by atoms with Gasteiger partial charge in [0.05, 0.1) is 11.0 Å². The van der Waals surface area contributed by atoms with Crippen LogP contribution in [0.15, 0.2) is 91.0 Å². The molecular weight excluding hydrogens is 362 g/mol. The molecule has 1 heteroatoms. The minimum absolute atomic E-state index is 0.0146. The lowest BCUT2D eigenvalue weighted by atomic mass is 9.82. The van der Waals surface area contributed by atoms with E-state index in [4.69, 9.17) is 0 Å². The lowest BCUT2D eigenvalue weighted by molar-refractivity contribution is 0.660. The van der Waals surface area contributed by atoms with E-state index in [9.17, 15) is 0 Å². The third-order valence-electron chi connectivity index (χ3n) is 6.41. The number of benzene rings is 4. The molecule has 0 unspecified atom stereocenters. The highest BCUT2D eigenvalue weighted by Gasteiger charge is 2.35. The first-order valence-electron chi connectivity index (χ1n) is 10.9. The Morgan fingerprint density at radius 1 is 0.567 bits per heavy atom. The highest BCUT2D eigenvalue weighted by atomic mass is 15.0. The van der Waals surface area contributed by atoms with Crippen LogP contribution in [0.3, 0.4) is 0 Å². The number of fused-ring (bicyclic) bond motifs is 6. The molecule has 0 saturated heterocycles. The number of hydrogen-bond acceptors (Lipinski definition) is 0. The summed E-state index contributed by atoms with van der Waals surface area (Å²) in [5.41, 5.74) is 9.34. The van der Waals surface area contributed by atoms with Crippen LogP contribution in [0, 0.1) is 0 Å². The number of rotatable bonds is 1. The standard InChI is InChI=1S/C27H21N.C2H6/c1-27(2)23-12-6-3-9-19(23)20-16-15-18(17-24(20)27)28-25-13-7-4-10-21(25)22-11-5-8-14-26(22)28;1-2/h3-17H,1-2H3;1-2H3. The van der Waals surface area contributed by atoms with Gasteiger partial charge in [0, 0.05) is 21.9 Å². The summed E-state index contributed by atoms with van der Waals surface area (Å²) in [4.78, 5) is 0. The Morgan fingerprint density at radius 3 is 1.77 bits per heavy atom. The van der Waals surface area contributed by atoms with Crippen LogP contribution in [0.1, 0.15) is 38.8 Å². The van der Waals surface area contributed by atoms with Crippen LogP contribution in [0.2, 0.25) is 0 Å². The van der Waals surface area contributed by atoms with E-state index in [0.717, 1.165) is 0 Å². The first kappa shape index (κ1) is 18.7. The van der Waals surface area contributed by atoms with Crippen molar-refractivity contribution in [3.63, 3.8) is 0 Å². The molecule has 148 valence electrons. The van der Waals surface area contributed by atoms with Gasteiger partial charge in [0.25, 0.3) is 0 Å². The highest BCUT2D eigenvalue weighted by molar-refractivity contribution is 6.09. The van der Waals surface area contributed by atoms with Crippen molar-refractivity contribution >= 4 is 21.8 Å². The van der Waals surface area contributed by atoms with E-state index >= 15 is 0 Å². The summed E-state index contributed by atoms with van der Waals surface area (Å²) < 4.78 is 2.41. The highest BCUT2D eigenvalue weighted by Crippen LogP contribution is 2.49. The summed E-state index contributed by atoms with van der Waals surface area (Å²) >= 11 is 0. The zero-order valence-corrected chi connectivity index (χ0v) is 18.1. The molecule has 4 aromatic carbocycles. The van der Waals surface area contributed by atoms with E-state index in [1.165, 1.54) is 49.7 Å². The van der Waals surface area contributed by atoms with Crippen LogP contribution in [-0.2, 0) is 5.41 Å². The lowest BCUT2D eigenvalue weighted by Gasteiger charge is -2.22. The number of aromatic nitrogens is 1. The van der Waals surface area contributed by atoms with Crippen LogP contribution in [0.5, 0.6) is 0 Å². The molecule has 1 heterocycles. The number of nitrogens with zero attached hydrogens (tertiary/aromatic N) is 1. The van der Waals surface area contributed by atoms with Gasteiger partial charge < -0.3 is 4.57 Å². The summed E-state index contributed by atoms with van der Waals surface area (Å²) in [5.74, 6) is 0. The Labute approximate surface area is 178 Å². The summed E-state index contributed by atoms with van der Waals surface area (Å²) in [5, 5.41) is 2.61. The van der Waals surface area contributed by atoms with E-state index in [1.807, 2.05) is 13.8 Å². The third-order valence-corrected chi connectivity index (χ3v) is 6.41. The van der Waals surface area contributed by atoms with Crippen LogP contribution >= 0.6 is 0 Å². The summed E-state index contributed by atoms with van der Waals surface area (Å²) in [6.07, 6.45) is 0. The maximum atomic E-state index is 2.41. The van der Waals surface area contributed by atoms with E-state index < -0.39 is 0 Å². The van der Waals surface area contributed by atoms with Gasteiger partial charge in [-0.3, -0.25) is 0 Å². The second-order valence-electron chi connectivity index (χ2n) is 8.27. The van der Waals surface area contributed by atoms with Crippen LogP contribution in [0.25, 0.3) is 38.6 Å². The summed E-state index contributed by atoms with van der Waals surface area (Å²) in [6, 6.07) is 33.2. The fourth-order valence-electron chi connectivity index (χ4n) is 5.03. The molecule has 0 bridgehead atoms. The quantitative estimate of drug-likeness (QED) is 0.273. The largest absolute Gasteiger partial charge is 0.309 e. The van der Waals surface area contributed by atoms with Gasteiger partial charge in [-0.15, -0.1) is 0 Å². The molecule has 1 aromatic heterocycles. The molecule has 0 fully saturated rings. The van der Waals surface area contributed by atoms with Crippen molar-refractivity contribution in [1.29, 1.82) is 0 Å². The average Bonchev–Trinajstić information content (AvgIpc) is 3.25. The van der Waals surface area contributed by atoms with E-state index in [2.05, 4.69) is 109 Å². The Balaban J connectivity index is 0.000000937. The Kier molecular flexibility index (Phi) is 4.29. The second-order valence-corrected chi connectivity index (χ2v) is 8.27. The van der Waals surface area contributed by atoms with Gasteiger partial charge >= 0.3 is 0 Å². The molecular formula is C29H27N. The van der Waals surface area contributed by atoms with Crippen LogP contribution < -0.4 is 0 Å². The molecule has 0 atom stereocenters. The summed E-state index contributed by atoms with van der Waals surface area (Å²) in [6.45, 7) is 8.68. The molecule has 0 aliphatic heterocycles. The fourth-order valence-corrected chi connectivity index (χ4v) is 5.03. The predicted molar refractivity (Wildman–Crippen MR) is 130 cm³/mol. The maximum Gasteiger partial charge on any atom is 0.0541 e. The molecule has 30 heavy (non-hydrogen) atoms. The molecule has 0 radical (unpaired) electrons. The number of para-hydroxylation sites is 2. The van der Waals surface area contributed by atoms with Crippen molar-refractivity contribution in [2.75, 3.05) is 0 Å². The third kappa shape index (κ3) is 2.48. The average molecular weight is 390 g/mol. The molecule has 0 spiro atoms. The van der Waals surface area contributed by atoms with Gasteiger partial charge in [-0.05, 0) is 46.5 Å². The zero-order chi connectivity index (χ0) is 20.9. The van der Waals surface area contributed by atoms with Crippen molar-refractivity contribution in [3.8, 4) is 16.8 Å². The molecule has 1 aliphatic carbocycles. The van der Waals surface area contributed by atoms with Crippen molar-refractivity contribution in [3.05, 3.63) is 102 Å². The first-order valence-corrected chi connectivity index (χ1v) is 10.9. The van der Waals surface area contributed by atoms with E-state index in [1.54, 1.807) is 0 Å². The van der Waals surface area contributed by atoms with Gasteiger partial charge in [-0.1, -0.05) is 94.4 Å². The smallest absolute Gasteiger partial charge is 0.0541 e. The maximum absolute atomic E-state index is 2.41. The molecule has 1 nitrogen and oxygen atoms in total. The Morgan fingerprint density at radius 2 is 1.10 bits per heavy atom. The van der Waals surface area contributed by atoms with Gasteiger partial charge in [-0.2, -0.15) is 0 Å². The molecule has 0 saturated carbocycles. The normalized spacial score (nSPS) is 13.6. The first-order chi connectivity index (χ1) is 14.7. The van der Waals surface area contributed by atoms with Crippen LogP contribution in [-0.4, -0.2) is 4.57 Å². The predicted octanol–water partition coefficient (Wildman–Crippen LogP) is 8.12. The minimum Gasteiger partial charge on any atom is -0.309 e. The minimum atomic E-state index is 0.0146. The molecule has 5 aromatic rings. The zero-order valence-electron chi connectivity index (χ0n) is 18.1.